The molecule has 192 valence electrons. The van der Waals surface area contributed by atoms with Gasteiger partial charge in [0.1, 0.15) is 24.2 Å². The largest absolute Gasteiger partial charge is 0.491 e. The van der Waals surface area contributed by atoms with Crippen LogP contribution in [0.1, 0.15) is 38.9 Å². The molecular weight excluding hydrogens is 470 g/mol. The molecule has 2 atom stereocenters. The lowest BCUT2D eigenvalue weighted by atomic mass is 10.0. The molecular formula is C29H31N3O5. The summed E-state index contributed by atoms with van der Waals surface area (Å²) in [5.41, 5.74) is 8.57. The maximum Gasteiger partial charge on any atom is 0.352 e. The number of primary amides is 1. The molecule has 8 nitrogen and oxygen atoms in total. The van der Waals surface area contributed by atoms with Crippen LogP contribution in [0.2, 0.25) is 0 Å². The van der Waals surface area contributed by atoms with Crippen LogP contribution in [0.15, 0.2) is 78.9 Å². The van der Waals surface area contributed by atoms with E-state index in [4.69, 9.17) is 10.5 Å². The van der Waals surface area contributed by atoms with Crippen molar-refractivity contribution in [2.45, 2.75) is 32.0 Å². The minimum Gasteiger partial charge on any atom is -0.491 e. The van der Waals surface area contributed by atoms with E-state index >= 15 is 0 Å². The molecule has 1 aromatic heterocycles. The number of carboxylic acids is 1. The summed E-state index contributed by atoms with van der Waals surface area (Å²) in [4.78, 5) is 23.5. The Labute approximate surface area is 215 Å². The number of carbonyl (C=O) groups excluding carboxylic acids is 1. The number of nitrogens with zero attached hydrogens (tertiary/aromatic N) is 1. The number of carboxylic acid groups (broad SMARTS) is 1. The molecule has 0 fully saturated rings. The number of nitrogens with one attached hydrogen (secondary N) is 1. The van der Waals surface area contributed by atoms with Crippen LogP contribution in [0.3, 0.4) is 0 Å². The van der Waals surface area contributed by atoms with Crippen molar-refractivity contribution in [2.24, 2.45) is 5.73 Å². The number of fused-ring (bicyclic) bond motifs is 1. The summed E-state index contributed by atoms with van der Waals surface area (Å²) >= 11 is 0. The molecule has 0 saturated heterocycles. The Morgan fingerprint density at radius 2 is 1.78 bits per heavy atom. The fraction of sp³-hybridized carbons (Fsp3) is 0.241. The van der Waals surface area contributed by atoms with Crippen molar-refractivity contribution in [1.29, 1.82) is 0 Å². The summed E-state index contributed by atoms with van der Waals surface area (Å²) in [6, 6.07) is 23.9. The van der Waals surface area contributed by atoms with Crippen LogP contribution in [-0.2, 0) is 13.0 Å². The van der Waals surface area contributed by atoms with Gasteiger partial charge in [-0.2, -0.15) is 0 Å². The highest BCUT2D eigenvalue weighted by Gasteiger charge is 2.17. The van der Waals surface area contributed by atoms with Gasteiger partial charge in [0.05, 0.1) is 0 Å². The highest BCUT2D eigenvalue weighted by molar-refractivity contribution is 5.95. The van der Waals surface area contributed by atoms with E-state index in [0.717, 1.165) is 27.8 Å². The maximum absolute atomic E-state index is 12.0. The first-order valence-corrected chi connectivity index (χ1v) is 12.1. The zero-order valence-electron chi connectivity index (χ0n) is 20.6. The van der Waals surface area contributed by atoms with Gasteiger partial charge in [0.25, 0.3) is 0 Å². The van der Waals surface area contributed by atoms with E-state index in [1.165, 1.54) is 0 Å². The van der Waals surface area contributed by atoms with E-state index in [1.807, 2.05) is 61.5 Å². The Morgan fingerprint density at radius 1 is 1.00 bits per heavy atom. The molecule has 4 aromatic rings. The van der Waals surface area contributed by atoms with Gasteiger partial charge in [-0.1, -0.05) is 36.4 Å². The summed E-state index contributed by atoms with van der Waals surface area (Å²) in [6.07, 6.45) is 0.0570. The van der Waals surface area contributed by atoms with E-state index in [9.17, 15) is 19.8 Å². The van der Waals surface area contributed by atoms with E-state index in [2.05, 4.69) is 5.32 Å². The van der Waals surface area contributed by atoms with Crippen LogP contribution in [0, 0.1) is 0 Å². The van der Waals surface area contributed by atoms with Crippen LogP contribution in [-0.4, -0.2) is 52.0 Å². The Bertz CT molecular complexity index is 1380. The SMILES string of the molecule is CC(Cc1ccc2c(c1)cc(C(=O)O)n2Cc1cccc(C(N)=O)c1)NC[C@H](O)COc1ccccc1. The van der Waals surface area contributed by atoms with E-state index in [-0.39, 0.29) is 18.3 Å². The van der Waals surface area contributed by atoms with E-state index in [0.29, 0.717) is 25.1 Å². The van der Waals surface area contributed by atoms with Gasteiger partial charge >= 0.3 is 5.97 Å². The molecule has 0 aliphatic carbocycles. The number of ether oxygens (including phenoxy) is 1. The first-order valence-electron chi connectivity index (χ1n) is 12.1. The number of carbonyl (C=O) groups is 2. The molecule has 0 bridgehead atoms. The molecule has 1 heterocycles. The Balaban J connectivity index is 1.41. The molecule has 0 spiro atoms. The number of aliphatic hydroxyl groups is 1. The third-order valence-corrected chi connectivity index (χ3v) is 6.17. The number of benzene rings is 3. The van der Waals surface area contributed by atoms with Crippen molar-refractivity contribution >= 4 is 22.8 Å². The monoisotopic (exact) mass is 501 g/mol. The number of para-hydroxylation sites is 1. The number of aromatic nitrogens is 1. The number of hydrogen-bond donors (Lipinski definition) is 4. The highest BCUT2D eigenvalue weighted by Crippen LogP contribution is 2.24. The third-order valence-electron chi connectivity index (χ3n) is 6.17. The Morgan fingerprint density at radius 3 is 2.51 bits per heavy atom. The molecule has 0 saturated carbocycles. The lowest BCUT2D eigenvalue weighted by Crippen LogP contribution is -2.37. The van der Waals surface area contributed by atoms with Crippen LogP contribution in [0.5, 0.6) is 5.75 Å². The first-order chi connectivity index (χ1) is 17.8. The first kappa shape index (κ1) is 25.9. The van der Waals surface area contributed by atoms with Crippen molar-refractivity contribution in [3.63, 3.8) is 0 Å². The number of hydrogen-bond acceptors (Lipinski definition) is 5. The predicted octanol–water partition coefficient (Wildman–Crippen LogP) is 3.45. The number of aliphatic hydroxyl groups excluding tert-OH is 1. The molecule has 0 aliphatic rings. The van der Waals surface area contributed by atoms with Crippen molar-refractivity contribution in [3.05, 3.63) is 101 Å². The van der Waals surface area contributed by atoms with Crippen LogP contribution in [0.4, 0.5) is 0 Å². The van der Waals surface area contributed by atoms with Gasteiger partial charge in [-0.05, 0) is 66.9 Å². The molecule has 0 aliphatic heterocycles. The number of aromatic carboxylic acids is 1. The van der Waals surface area contributed by atoms with Crippen molar-refractivity contribution in [1.82, 2.24) is 9.88 Å². The van der Waals surface area contributed by atoms with Gasteiger partial charge in [0, 0.05) is 35.6 Å². The summed E-state index contributed by atoms with van der Waals surface area (Å²) in [5, 5.41) is 24.2. The Hall–Kier alpha value is -4.14. The van der Waals surface area contributed by atoms with Crippen molar-refractivity contribution in [3.8, 4) is 5.75 Å². The van der Waals surface area contributed by atoms with E-state index in [1.54, 1.807) is 28.8 Å². The average molecular weight is 502 g/mol. The van der Waals surface area contributed by atoms with E-state index < -0.39 is 18.0 Å². The number of nitrogens with two attached hydrogens (primary N) is 1. The molecule has 0 radical (unpaired) electrons. The molecule has 8 heteroatoms. The zero-order chi connectivity index (χ0) is 26.4. The molecule has 1 unspecified atom stereocenters. The maximum atomic E-state index is 12.0. The minimum absolute atomic E-state index is 0.0846. The molecule has 5 N–H and O–H groups in total. The minimum atomic E-state index is -1.02. The standard InChI is InChI=1S/C29H31N3O5/c1-19(31-16-24(33)18-37-25-8-3-2-4-9-25)12-20-10-11-26-23(13-20)15-27(29(35)36)32(26)17-21-6-5-7-22(14-21)28(30)34/h2-11,13-15,19,24,31,33H,12,16-18H2,1H3,(H2,30,34)(H,35,36)/t19?,24-/m0/s1. The fourth-order valence-corrected chi connectivity index (χ4v) is 4.33. The smallest absolute Gasteiger partial charge is 0.352 e. The summed E-state index contributed by atoms with van der Waals surface area (Å²) in [7, 11) is 0. The van der Waals surface area contributed by atoms with Crippen LogP contribution in [0.25, 0.3) is 10.9 Å². The molecule has 1 amide bonds. The van der Waals surface area contributed by atoms with Gasteiger partial charge < -0.3 is 30.6 Å². The number of amides is 1. The topological polar surface area (TPSA) is 127 Å². The van der Waals surface area contributed by atoms with Crippen LogP contribution >= 0.6 is 0 Å². The fourth-order valence-electron chi connectivity index (χ4n) is 4.33. The lowest BCUT2D eigenvalue weighted by Gasteiger charge is -2.18. The number of rotatable bonds is 12. The second-order valence-corrected chi connectivity index (χ2v) is 9.17. The molecule has 4 rings (SSSR count). The van der Waals surface area contributed by atoms with Crippen molar-refractivity contribution < 1.29 is 24.5 Å². The summed E-state index contributed by atoms with van der Waals surface area (Å²) in [6.45, 7) is 2.92. The van der Waals surface area contributed by atoms with Gasteiger partial charge in [-0.25, -0.2) is 4.79 Å². The summed E-state index contributed by atoms with van der Waals surface area (Å²) in [5.74, 6) is -0.831. The lowest BCUT2D eigenvalue weighted by molar-refractivity contribution is 0.0686. The van der Waals surface area contributed by atoms with Gasteiger partial charge in [-0.15, -0.1) is 0 Å². The normalized spacial score (nSPS) is 12.8. The van der Waals surface area contributed by atoms with Gasteiger partial charge in [0.2, 0.25) is 5.91 Å². The zero-order valence-corrected chi connectivity index (χ0v) is 20.6. The second-order valence-electron chi connectivity index (χ2n) is 9.17. The second kappa shape index (κ2) is 11.7. The highest BCUT2D eigenvalue weighted by atomic mass is 16.5. The van der Waals surface area contributed by atoms with Gasteiger partial charge in [-0.3, -0.25) is 4.79 Å². The van der Waals surface area contributed by atoms with Crippen LogP contribution < -0.4 is 15.8 Å². The van der Waals surface area contributed by atoms with Gasteiger partial charge in [0.15, 0.2) is 0 Å². The Kier molecular flexibility index (Phi) is 8.22. The molecule has 3 aromatic carbocycles. The van der Waals surface area contributed by atoms with Crippen molar-refractivity contribution in [2.75, 3.05) is 13.2 Å². The predicted molar refractivity (Wildman–Crippen MR) is 142 cm³/mol. The average Bonchev–Trinajstić information content (AvgIpc) is 3.24. The third kappa shape index (κ3) is 6.75. The molecule has 37 heavy (non-hydrogen) atoms. The summed E-state index contributed by atoms with van der Waals surface area (Å²) < 4.78 is 7.33. The quantitative estimate of drug-likeness (QED) is 0.236.